The summed E-state index contributed by atoms with van der Waals surface area (Å²) in [6, 6.07) is 21.9. The Morgan fingerprint density at radius 2 is 1.59 bits per heavy atom. The van der Waals surface area contributed by atoms with E-state index >= 15 is 0 Å². The van der Waals surface area contributed by atoms with Crippen LogP contribution in [0.5, 0.6) is 0 Å². The van der Waals surface area contributed by atoms with Crippen LogP contribution in [0, 0.1) is 15.9 Å². The Morgan fingerprint density at radius 3 is 2.19 bits per heavy atom. The van der Waals surface area contributed by atoms with E-state index in [0.717, 1.165) is 37.2 Å². The molecule has 0 saturated carbocycles. The molecule has 1 aliphatic rings. The summed E-state index contributed by atoms with van der Waals surface area (Å²) in [6.45, 7) is 2.32. The van der Waals surface area contributed by atoms with Crippen LogP contribution in [0.25, 0.3) is 0 Å². The molecule has 0 aromatic heterocycles. The summed E-state index contributed by atoms with van der Waals surface area (Å²) in [5.41, 5.74) is 2.40. The molecule has 1 saturated heterocycles. The molecular formula is C25H24FN3O3. The number of anilines is 1. The van der Waals surface area contributed by atoms with E-state index in [9.17, 15) is 19.3 Å². The van der Waals surface area contributed by atoms with E-state index in [1.54, 1.807) is 12.1 Å². The zero-order valence-corrected chi connectivity index (χ0v) is 17.6. The van der Waals surface area contributed by atoms with E-state index in [1.165, 1.54) is 36.4 Å². The zero-order valence-electron chi connectivity index (χ0n) is 17.6. The lowest BCUT2D eigenvalue weighted by Gasteiger charge is -2.38. The first kappa shape index (κ1) is 21.6. The third-order valence-corrected chi connectivity index (χ3v) is 5.82. The summed E-state index contributed by atoms with van der Waals surface area (Å²) in [5.74, 6) is -0.502. The number of halogens is 1. The van der Waals surface area contributed by atoms with E-state index in [0.29, 0.717) is 12.1 Å². The quantitative estimate of drug-likeness (QED) is 0.403. The van der Waals surface area contributed by atoms with Gasteiger partial charge in [-0.25, -0.2) is 4.39 Å². The van der Waals surface area contributed by atoms with E-state index in [2.05, 4.69) is 4.90 Å². The fourth-order valence-corrected chi connectivity index (χ4v) is 4.13. The standard InChI is InChI=1S/C25H24FN3O3/c26-21-10-8-20(9-11-21)25(30)28(22-4-2-1-3-5-22)23-14-16-27(17-15-23)18-19-6-12-24(13-7-19)29(31)32/h1-13,23H,14-18H2. The summed E-state index contributed by atoms with van der Waals surface area (Å²) < 4.78 is 13.3. The average Bonchev–Trinajstić information content (AvgIpc) is 2.82. The molecule has 6 nitrogen and oxygen atoms in total. The summed E-state index contributed by atoms with van der Waals surface area (Å²) in [4.78, 5) is 27.9. The third-order valence-electron chi connectivity index (χ3n) is 5.82. The van der Waals surface area contributed by atoms with Crippen molar-refractivity contribution in [3.8, 4) is 0 Å². The monoisotopic (exact) mass is 433 g/mol. The number of carbonyl (C=O) groups excluding carboxylic acids is 1. The molecular weight excluding hydrogens is 409 g/mol. The first-order valence-electron chi connectivity index (χ1n) is 10.6. The van der Waals surface area contributed by atoms with Gasteiger partial charge in [-0.3, -0.25) is 19.8 Å². The van der Waals surface area contributed by atoms with Gasteiger partial charge in [0.2, 0.25) is 0 Å². The first-order valence-corrected chi connectivity index (χ1v) is 10.6. The Hall–Kier alpha value is -3.58. The molecule has 164 valence electrons. The minimum atomic E-state index is -0.397. The second kappa shape index (κ2) is 9.70. The molecule has 0 aliphatic carbocycles. The Labute approximate surface area is 186 Å². The summed E-state index contributed by atoms with van der Waals surface area (Å²) >= 11 is 0. The molecule has 3 aromatic carbocycles. The van der Waals surface area contributed by atoms with Crippen LogP contribution in [-0.4, -0.2) is 34.9 Å². The van der Waals surface area contributed by atoms with Crippen molar-refractivity contribution in [3.05, 3.63) is 106 Å². The van der Waals surface area contributed by atoms with Crippen molar-refractivity contribution in [2.24, 2.45) is 0 Å². The van der Waals surface area contributed by atoms with Crippen molar-refractivity contribution in [2.75, 3.05) is 18.0 Å². The molecule has 1 fully saturated rings. The second-order valence-corrected chi connectivity index (χ2v) is 7.95. The van der Waals surface area contributed by atoms with Crippen LogP contribution < -0.4 is 4.90 Å². The van der Waals surface area contributed by atoms with Gasteiger partial charge >= 0.3 is 0 Å². The van der Waals surface area contributed by atoms with Gasteiger partial charge in [-0.1, -0.05) is 30.3 Å². The van der Waals surface area contributed by atoms with Crippen molar-refractivity contribution < 1.29 is 14.1 Å². The molecule has 0 bridgehead atoms. The number of benzene rings is 3. The highest BCUT2D eigenvalue weighted by Crippen LogP contribution is 2.27. The number of para-hydroxylation sites is 1. The third kappa shape index (κ3) is 5.00. The maximum Gasteiger partial charge on any atom is 0.269 e. The summed E-state index contributed by atoms with van der Waals surface area (Å²) in [6.07, 6.45) is 1.60. The Balaban J connectivity index is 1.46. The lowest BCUT2D eigenvalue weighted by molar-refractivity contribution is -0.384. The lowest BCUT2D eigenvalue weighted by atomic mass is 10.00. The van der Waals surface area contributed by atoms with Crippen LogP contribution in [0.15, 0.2) is 78.9 Å². The molecule has 3 aromatic rings. The number of nitro benzene ring substituents is 1. The minimum absolute atomic E-state index is 0.0306. The van der Waals surface area contributed by atoms with Gasteiger partial charge in [0.1, 0.15) is 5.82 Å². The second-order valence-electron chi connectivity index (χ2n) is 7.95. The van der Waals surface area contributed by atoms with Crippen molar-refractivity contribution in [2.45, 2.75) is 25.4 Å². The van der Waals surface area contributed by atoms with E-state index in [4.69, 9.17) is 0 Å². The number of nitro groups is 1. The van der Waals surface area contributed by atoms with Crippen LogP contribution >= 0.6 is 0 Å². The maximum absolute atomic E-state index is 13.4. The predicted molar refractivity (Wildman–Crippen MR) is 121 cm³/mol. The van der Waals surface area contributed by atoms with E-state index in [1.807, 2.05) is 35.2 Å². The SMILES string of the molecule is O=C(c1ccc(F)cc1)N(c1ccccc1)C1CCN(Cc2ccc([N+](=O)[O-])cc2)CC1. The van der Waals surface area contributed by atoms with Gasteiger partial charge in [-0.05, 0) is 54.8 Å². The summed E-state index contributed by atoms with van der Waals surface area (Å²) in [5, 5.41) is 10.8. The molecule has 4 rings (SSSR count). The minimum Gasteiger partial charge on any atom is -0.305 e. The first-order chi connectivity index (χ1) is 15.5. The predicted octanol–water partition coefficient (Wildman–Crippen LogP) is 5.05. The number of likely N-dealkylation sites (tertiary alicyclic amines) is 1. The number of hydrogen-bond acceptors (Lipinski definition) is 4. The molecule has 7 heteroatoms. The highest BCUT2D eigenvalue weighted by atomic mass is 19.1. The molecule has 0 atom stereocenters. The Morgan fingerprint density at radius 1 is 0.969 bits per heavy atom. The van der Waals surface area contributed by atoms with Gasteiger partial charge in [0.15, 0.2) is 0 Å². The van der Waals surface area contributed by atoms with Crippen LogP contribution in [-0.2, 0) is 6.54 Å². The number of carbonyl (C=O) groups is 1. The van der Waals surface area contributed by atoms with E-state index < -0.39 is 4.92 Å². The fourth-order valence-electron chi connectivity index (χ4n) is 4.13. The molecule has 0 N–H and O–H groups in total. The van der Waals surface area contributed by atoms with Crippen LogP contribution in [0.2, 0.25) is 0 Å². The highest BCUT2D eigenvalue weighted by molar-refractivity contribution is 6.06. The zero-order chi connectivity index (χ0) is 22.5. The number of rotatable bonds is 6. The van der Waals surface area contributed by atoms with Crippen LogP contribution in [0.4, 0.5) is 15.8 Å². The number of hydrogen-bond donors (Lipinski definition) is 0. The van der Waals surface area contributed by atoms with Crippen molar-refractivity contribution in [1.82, 2.24) is 4.90 Å². The van der Waals surface area contributed by atoms with Gasteiger partial charge in [-0.15, -0.1) is 0 Å². The lowest BCUT2D eigenvalue weighted by Crippen LogP contribution is -2.47. The number of non-ortho nitro benzene ring substituents is 1. The number of amides is 1. The van der Waals surface area contributed by atoms with Crippen molar-refractivity contribution in [1.29, 1.82) is 0 Å². The average molecular weight is 433 g/mol. The molecule has 32 heavy (non-hydrogen) atoms. The van der Waals surface area contributed by atoms with Crippen molar-refractivity contribution >= 4 is 17.3 Å². The molecule has 1 heterocycles. The van der Waals surface area contributed by atoms with Crippen LogP contribution in [0.3, 0.4) is 0 Å². The number of nitrogens with zero attached hydrogens (tertiary/aromatic N) is 3. The van der Waals surface area contributed by atoms with Gasteiger partial charge in [-0.2, -0.15) is 0 Å². The molecule has 1 amide bonds. The van der Waals surface area contributed by atoms with Gasteiger partial charge in [0, 0.05) is 49.1 Å². The molecule has 0 unspecified atom stereocenters. The Bertz CT molecular complexity index is 1060. The smallest absolute Gasteiger partial charge is 0.269 e. The van der Waals surface area contributed by atoms with E-state index in [-0.39, 0.29) is 23.5 Å². The molecule has 1 aliphatic heterocycles. The van der Waals surface area contributed by atoms with Crippen LogP contribution in [0.1, 0.15) is 28.8 Å². The fraction of sp³-hybridized carbons (Fsp3) is 0.240. The van der Waals surface area contributed by atoms with Gasteiger partial charge < -0.3 is 4.90 Å². The molecule has 0 radical (unpaired) electrons. The summed E-state index contributed by atoms with van der Waals surface area (Å²) in [7, 11) is 0. The van der Waals surface area contributed by atoms with Crippen molar-refractivity contribution in [3.63, 3.8) is 0 Å². The Kier molecular flexibility index (Phi) is 6.56. The normalized spacial score (nSPS) is 14.8. The maximum atomic E-state index is 13.4. The van der Waals surface area contributed by atoms with Gasteiger partial charge in [0.25, 0.3) is 11.6 Å². The topological polar surface area (TPSA) is 66.7 Å². The highest BCUT2D eigenvalue weighted by Gasteiger charge is 2.30. The molecule has 0 spiro atoms. The number of piperidine rings is 1. The van der Waals surface area contributed by atoms with Gasteiger partial charge in [0.05, 0.1) is 4.92 Å². The largest absolute Gasteiger partial charge is 0.305 e.